The quantitative estimate of drug-likeness (QED) is 0.163. The zero-order valence-electron chi connectivity index (χ0n) is 30.0. The number of ether oxygens (including phenoxy) is 2. The van der Waals surface area contributed by atoms with Crippen molar-refractivity contribution in [2.75, 3.05) is 38.3 Å². The molecule has 3 aromatic rings. The monoisotopic (exact) mass is 842 g/mol. The van der Waals surface area contributed by atoms with Crippen molar-refractivity contribution >= 4 is 58.5 Å². The molecule has 4 heterocycles. The van der Waals surface area contributed by atoms with Gasteiger partial charge in [-0.1, -0.05) is 34.9 Å². The summed E-state index contributed by atoms with van der Waals surface area (Å²) in [5, 5.41) is 13.8. The van der Waals surface area contributed by atoms with Crippen molar-refractivity contribution in [3.63, 3.8) is 0 Å². The Bertz CT molecular complexity index is 2260. The Kier molecular flexibility index (Phi) is 9.78. The molecule has 6 atom stereocenters. The predicted octanol–water partition coefficient (Wildman–Crippen LogP) is 6.28. The molecule has 4 aliphatic rings. The number of phenols is 1. The van der Waals surface area contributed by atoms with Crippen LogP contribution in [0.1, 0.15) is 35.7 Å². The number of methoxy groups -OCH3 is 2. The minimum atomic E-state index is -4.91. The number of alkyl halides is 6. The van der Waals surface area contributed by atoms with Gasteiger partial charge >= 0.3 is 12.4 Å². The first kappa shape index (κ1) is 39.9. The third kappa shape index (κ3) is 6.34. The van der Waals surface area contributed by atoms with Gasteiger partial charge in [0.2, 0.25) is 0 Å². The van der Waals surface area contributed by atoms with Crippen LogP contribution in [-0.2, 0) is 31.5 Å². The minimum Gasteiger partial charge on any atom is -0.507 e. The van der Waals surface area contributed by atoms with E-state index in [1.165, 1.54) is 26.4 Å². The summed E-state index contributed by atoms with van der Waals surface area (Å²) in [6.07, 6.45) is -8.50. The van der Waals surface area contributed by atoms with Gasteiger partial charge in [0.25, 0.3) is 23.6 Å². The summed E-state index contributed by atoms with van der Waals surface area (Å²) < 4.78 is 92.9. The number of halogens is 8. The van der Waals surface area contributed by atoms with Gasteiger partial charge in [-0.05, 0) is 43.0 Å². The molecule has 0 radical (unpaired) electrons. The maximum Gasteiger partial charge on any atom is 0.433 e. The lowest BCUT2D eigenvalue weighted by Crippen LogP contribution is -2.46. The van der Waals surface area contributed by atoms with Gasteiger partial charge in [-0.25, -0.2) is 9.97 Å². The molecular weight excluding hydrogens is 813 g/mol. The van der Waals surface area contributed by atoms with Gasteiger partial charge in [-0.3, -0.25) is 29.2 Å². The number of hydrazine groups is 2. The van der Waals surface area contributed by atoms with Crippen LogP contribution in [0.4, 0.5) is 38.0 Å². The van der Waals surface area contributed by atoms with E-state index in [0.717, 1.165) is 36.2 Å². The molecule has 4 amide bonds. The molecule has 1 saturated carbocycles. The van der Waals surface area contributed by atoms with Gasteiger partial charge in [0.05, 0.1) is 47.9 Å². The summed E-state index contributed by atoms with van der Waals surface area (Å²) in [4.78, 5) is 64.7. The van der Waals surface area contributed by atoms with E-state index in [1.807, 2.05) is 0 Å². The first-order valence-corrected chi connectivity index (χ1v) is 17.8. The number of benzene rings is 1. The molecule has 2 saturated heterocycles. The van der Waals surface area contributed by atoms with E-state index in [0.29, 0.717) is 27.7 Å². The zero-order valence-corrected chi connectivity index (χ0v) is 31.5. The zero-order chi connectivity index (χ0) is 41.6. The van der Waals surface area contributed by atoms with E-state index >= 15 is 0 Å². The SMILES string of the molecule is COc1cc(O)c([C@H]2C3=CC[C@@H]4C(=O)N(N(C)c5nc(C(F)(F)F)ccc5Cl)C(=O)[C@@H]4[C@@H]3C[C@H]3C(=O)N(N(C)c4nc(C(F)(F)F)ccc4Cl)C(=O)[C@@H]23)c(OC)c1. The van der Waals surface area contributed by atoms with Crippen LogP contribution >= 0.6 is 23.2 Å². The number of hydrogen-bond acceptors (Lipinski definition) is 11. The fourth-order valence-corrected chi connectivity index (χ4v) is 8.93. The van der Waals surface area contributed by atoms with Gasteiger partial charge in [-0.2, -0.15) is 36.4 Å². The van der Waals surface area contributed by atoms with Crippen molar-refractivity contribution in [1.29, 1.82) is 0 Å². The number of carbonyl (C=O) groups is 4. The molecule has 302 valence electrons. The van der Waals surface area contributed by atoms with E-state index in [9.17, 15) is 50.6 Å². The van der Waals surface area contributed by atoms with Crippen molar-refractivity contribution in [2.24, 2.45) is 29.6 Å². The van der Waals surface area contributed by atoms with Gasteiger partial charge in [0.1, 0.15) is 28.6 Å². The number of allylic oxidation sites excluding steroid dienone is 2. The molecule has 7 rings (SSSR count). The summed E-state index contributed by atoms with van der Waals surface area (Å²) in [5.74, 6) is -11.9. The highest BCUT2D eigenvalue weighted by atomic mass is 35.5. The van der Waals surface area contributed by atoms with E-state index in [2.05, 4.69) is 9.97 Å². The number of amides is 4. The van der Waals surface area contributed by atoms with Gasteiger partial charge in [0, 0.05) is 37.7 Å². The Hall–Kier alpha value is -5.30. The highest BCUT2D eigenvalue weighted by Gasteiger charge is 2.64. The predicted molar refractivity (Wildman–Crippen MR) is 188 cm³/mol. The topological polar surface area (TPSA) is 146 Å². The molecule has 2 aliphatic heterocycles. The fraction of sp³-hybridized carbons (Fsp3) is 0.389. The molecule has 2 aliphatic carbocycles. The Balaban J connectivity index is 1.33. The van der Waals surface area contributed by atoms with Crippen LogP contribution in [0, 0.1) is 29.6 Å². The molecule has 0 bridgehead atoms. The number of imide groups is 2. The number of carbonyl (C=O) groups excluding carboxylic acids is 4. The Morgan fingerprint density at radius 2 is 1.25 bits per heavy atom. The summed E-state index contributed by atoms with van der Waals surface area (Å²) in [7, 11) is 4.89. The second kappa shape index (κ2) is 14.0. The summed E-state index contributed by atoms with van der Waals surface area (Å²) in [5.41, 5.74) is -2.28. The first-order valence-electron chi connectivity index (χ1n) is 17.1. The number of anilines is 2. The third-order valence-corrected chi connectivity index (χ3v) is 11.5. The van der Waals surface area contributed by atoms with Crippen LogP contribution in [-0.4, -0.2) is 77.0 Å². The van der Waals surface area contributed by atoms with Crippen LogP contribution in [0.3, 0.4) is 0 Å². The molecule has 13 nitrogen and oxygen atoms in total. The number of fused-ring (bicyclic) bond motifs is 4. The van der Waals surface area contributed by atoms with Crippen LogP contribution in [0.5, 0.6) is 17.2 Å². The highest BCUT2D eigenvalue weighted by Crippen LogP contribution is 2.61. The van der Waals surface area contributed by atoms with Crippen molar-refractivity contribution in [3.05, 3.63) is 75.0 Å². The van der Waals surface area contributed by atoms with Crippen LogP contribution < -0.4 is 19.5 Å². The van der Waals surface area contributed by atoms with E-state index in [4.69, 9.17) is 32.7 Å². The van der Waals surface area contributed by atoms with E-state index in [1.54, 1.807) is 6.08 Å². The number of rotatable bonds is 7. The molecule has 0 spiro atoms. The number of aromatic hydroxyl groups is 1. The third-order valence-electron chi connectivity index (χ3n) is 10.9. The fourth-order valence-electron chi connectivity index (χ4n) is 8.48. The Labute approximate surface area is 329 Å². The normalized spacial score (nSPS) is 24.6. The van der Waals surface area contributed by atoms with Gasteiger partial charge in [0.15, 0.2) is 11.6 Å². The lowest BCUT2D eigenvalue weighted by molar-refractivity contribution is -0.143. The lowest BCUT2D eigenvalue weighted by Gasteiger charge is -2.44. The average molecular weight is 844 g/mol. The largest absolute Gasteiger partial charge is 0.507 e. The molecule has 2 aromatic heterocycles. The second-order valence-corrected chi connectivity index (χ2v) is 14.6. The molecule has 57 heavy (non-hydrogen) atoms. The maximum absolute atomic E-state index is 14.6. The number of pyridine rings is 2. The smallest absolute Gasteiger partial charge is 0.433 e. The molecule has 0 unspecified atom stereocenters. The average Bonchev–Trinajstić information content (AvgIpc) is 3.55. The number of phenolic OH excluding ortho intramolecular Hbond substituents is 1. The van der Waals surface area contributed by atoms with Crippen LogP contribution in [0.25, 0.3) is 0 Å². The standard InChI is InChI=1S/C36H30Cl2F6N6O7/c1-47(29-19(37)7-9-23(45-29)35(39,40)41)49-31(52)16-6-5-15-17(25(16)33(49)54)13-18-27(26(15)28-21(51)11-14(56-3)12-22(28)57-4)34(55)50(32(18)53)48(2)30-20(38)8-10-24(46-30)36(42,43)44/h5,7-12,16-18,25-27,51H,6,13H2,1-4H3/t16-,17+,18+,25-,26-,27+/m0/s1. The minimum absolute atomic E-state index is 0.0225. The first-order chi connectivity index (χ1) is 26.7. The Morgan fingerprint density at radius 1 is 0.737 bits per heavy atom. The van der Waals surface area contributed by atoms with Crippen molar-refractivity contribution in [1.82, 2.24) is 20.0 Å². The maximum atomic E-state index is 14.6. The van der Waals surface area contributed by atoms with Crippen LogP contribution in [0.2, 0.25) is 10.0 Å². The summed E-state index contributed by atoms with van der Waals surface area (Å²) >= 11 is 12.5. The summed E-state index contributed by atoms with van der Waals surface area (Å²) in [6, 6.07) is 5.78. The lowest BCUT2D eigenvalue weighted by atomic mass is 9.57. The molecule has 3 fully saturated rings. The number of hydrogen-bond donors (Lipinski definition) is 1. The molecular formula is C36H30Cl2F6N6O7. The Morgan fingerprint density at radius 3 is 1.74 bits per heavy atom. The van der Waals surface area contributed by atoms with Crippen molar-refractivity contribution < 1.29 is 60.1 Å². The molecule has 1 N–H and O–H groups in total. The number of aromatic nitrogens is 2. The highest BCUT2D eigenvalue weighted by molar-refractivity contribution is 6.33. The molecule has 1 aromatic carbocycles. The van der Waals surface area contributed by atoms with Gasteiger partial charge < -0.3 is 14.6 Å². The van der Waals surface area contributed by atoms with Crippen LogP contribution in [0.15, 0.2) is 48.0 Å². The van der Waals surface area contributed by atoms with Crippen molar-refractivity contribution in [3.8, 4) is 17.2 Å². The van der Waals surface area contributed by atoms with E-state index in [-0.39, 0.29) is 39.9 Å². The number of nitrogens with zero attached hydrogens (tertiary/aromatic N) is 6. The molecule has 21 heteroatoms. The second-order valence-electron chi connectivity index (χ2n) is 13.8. The summed E-state index contributed by atoms with van der Waals surface area (Å²) in [6.45, 7) is 0. The van der Waals surface area contributed by atoms with Gasteiger partial charge in [-0.15, -0.1) is 0 Å². The van der Waals surface area contributed by atoms with Crippen molar-refractivity contribution in [2.45, 2.75) is 31.1 Å². The van der Waals surface area contributed by atoms with E-state index < -0.39 is 100 Å².